The second-order valence-electron chi connectivity index (χ2n) is 5.36. The number of rotatable bonds is 4. The molecule has 1 rings (SSSR count). The van der Waals surface area contributed by atoms with Crippen molar-refractivity contribution in [2.24, 2.45) is 22.2 Å². The van der Waals surface area contributed by atoms with Gasteiger partial charge >= 0.3 is 0 Å². The van der Waals surface area contributed by atoms with Gasteiger partial charge in [-0.1, -0.05) is 25.9 Å². The lowest BCUT2D eigenvalue weighted by Gasteiger charge is -2.40. The zero-order chi connectivity index (χ0) is 14.6. The molecule has 0 aromatic heterocycles. The van der Waals surface area contributed by atoms with E-state index in [-0.39, 0.29) is 23.8 Å². The number of piperidine rings is 1. The summed E-state index contributed by atoms with van der Waals surface area (Å²) < 4.78 is 0. The summed E-state index contributed by atoms with van der Waals surface area (Å²) in [5.74, 6) is -0.0794. The highest BCUT2D eigenvalue weighted by molar-refractivity contribution is 6.06. The maximum absolute atomic E-state index is 12.7. The molecule has 4 N–H and O–H groups in total. The first-order chi connectivity index (χ1) is 8.92. The summed E-state index contributed by atoms with van der Waals surface area (Å²) in [6.45, 7) is 6.68. The van der Waals surface area contributed by atoms with E-state index in [1.165, 1.54) is 0 Å². The van der Waals surface area contributed by atoms with Gasteiger partial charge in [0.15, 0.2) is 5.84 Å². The van der Waals surface area contributed by atoms with Gasteiger partial charge in [-0.05, 0) is 25.2 Å². The summed E-state index contributed by atoms with van der Waals surface area (Å²) in [6, 6.07) is 0. The lowest BCUT2D eigenvalue weighted by Crippen LogP contribution is -2.54. The number of aliphatic hydroxyl groups excluding tert-OH is 1. The minimum Gasteiger partial charge on any atom is -0.409 e. The summed E-state index contributed by atoms with van der Waals surface area (Å²) in [5, 5.41) is 21.7. The van der Waals surface area contributed by atoms with Gasteiger partial charge in [-0.15, -0.1) is 0 Å². The highest BCUT2D eigenvalue weighted by Crippen LogP contribution is 2.31. The molecule has 1 aliphatic heterocycles. The highest BCUT2D eigenvalue weighted by Gasteiger charge is 2.43. The number of hydrogen-bond donors (Lipinski definition) is 3. The molecule has 0 radical (unpaired) electrons. The van der Waals surface area contributed by atoms with E-state index in [1.807, 2.05) is 20.8 Å². The van der Waals surface area contributed by atoms with E-state index < -0.39 is 5.41 Å². The van der Waals surface area contributed by atoms with Crippen molar-refractivity contribution in [2.45, 2.75) is 46.1 Å². The largest absolute Gasteiger partial charge is 0.409 e. The van der Waals surface area contributed by atoms with Crippen LogP contribution in [-0.2, 0) is 4.79 Å². The Morgan fingerprint density at radius 1 is 1.47 bits per heavy atom. The first-order valence-corrected chi connectivity index (χ1v) is 6.88. The van der Waals surface area contributed by atoms with Crippen molar-refractivity contribution in [3.63, 3.8) is 0 Å². The number of likely N-dealkylation sites (tertiary alicyclic amines) is 1. The van der Waals surface area contributed by atoms with Crippen molar-refractivity contribution in [3.05, 3.63) is 0 Å². The Morgan fingerprint density at radius 3 is 2.47 bits per heavy atom. The van der Waals surface area contributed by atoms with E-state index in [1.54, 1.807) is 4.90 Å². The molecule has 0 aromatic rings. The third-order valence-corrected chi connectivity index (χ3v) is 4.36. The Bertz CT molecular complexity index is 353. The Hall–Kier alpha value is -1.30. The molecular weight excluding hydrogens is 246 g/mol. The zero-order valence-corrected chi connectivity index (χ0v) is 12.0. The molecule has 1 saturated heterocycles. The molecule has 19 heavy (non-hydrogen) atoms. The van der Waals surface area contributed by atoms with Crippen molar-refractivity contribution in [2.75, 3.05) is 13.1 Å². The Balaban J connectivity index is 2.95. The molecule has 2 unspecified atom stereocenters. The van der Waals surface area contributed by atoms with Crippen LogP contribution in [0.15, 0.2) is 5.16 Å². The van der Waals surface area contributed by atoms with Gasteiger partial charge < -0.3 is 20.9 Å². The van der Waals surface area contributed by atoms with Crippen molar-refractivity contribution < 1.29 is 15.1 Å². The fourth-order valence-corrected chi connectivity index (χ4v) is 2.74. The predicted molar refractivity (Wildman–Crippen MR) is 72.8 cm³/mol. The number of amidine groups is 1. The number of amides is 1. The molecule has 2 atom stereocenters. The molecule has 1 amide bonds. The van der Waals surface area contributed by atoms with Crippen LogP contribution in [-0.4, -0.2) is 46.1 Å². The zero-order valence-electron chi connectivity index (χ0n) is 12.0. The lowest BCUT2D eigenvalue weighted by molar-refractivity contribution is -0.142. The van der Waals surface area contributed by atoms with E-state index in [0.29, 0.717) is 32.4 Å². The van der Waals surface area contributed by atoms with Crippen LogP contribution in [0.1, 0.15) is 40.0 Å². The number of carbonyl (C=O) groups is 1. The fraction of sp³-hybridized carbons (Fsp3) is 0.846. The third-order valence-electron chi connectivity index (χ3n) is 4.36. The van der Waals surface area contributed by atoms with Crippen LogP contribution >= 0.6 is 0 Å². The maximum Gasteiger partial charge on any atom is 0.236 e. The monoisotopic (exact) mass is 271 g/mol. The van der Waals surface area contributed by atoms with Crippen molar-refractivity contribution >= 4 is 11.7 Å². The maximum atomic E-state index is 12.7. The first kappa shape index (κ1) is 15.8. The number of nitrogens with zero attached hydrogens (tertiary/aromatic N) is 2. The van der Waals surface area contributed by atoms with Crippen LogP contribution in [0.4, 0.5) is 0 Å². The standard InChI is InChI=1S/C13H25N3O3/c1-4-13(5-2,11(14)15-19)12(18)16-7-6-10(17)9(3)8-16/h9-10,17,19H,4-8H2,1-3H3,(H2,14,15). The van der Waals surface area contributed by atoms with Crippen molar-refractivity contribution in [1.29, 1.82) is 0 Å². The topological polar surface area (TPSA) is 99.2 Å². The van der Waals surface area contributed by atoms with Gasteiger partial charge in [0.2, 0.25) is 5.91 Å². The number of aliphatic hydroxyl groups is 1. The summed E-state index contributed by atoms with van der Waals surface area (Å²) >= 11 is 0. The molecule has 1 heterocycles. The van der Waals surface area contributed by atoms with Gasteiger partial charge in [-0.2, -0.15) is 0 Å². The molecule has 0 bridgehead atoms. The first-order valence-electron chi connectivity index (χ1n) is 6.88. The molecular formula is C13H25N3O3. The summed E-state index contributed by atoms with van der Waals surface area (Å²) in [4.78, 5) is 14.4. The van der Waals surface area contributed by atoms with Crippen LogP contribution in [0.25, 0.3) is 0 Å². The molecule has 110 valence electrons. The molecule has 1 aliphatic rings. The van der Waals surface area contributed by atoms with Crippen LogP contribution < -0.4 is 5.73 Å². The summed E-state index contributed by atoms with van der Waals surface area (Å²) in [5.41, 5.74) is 4.81. The predicted octanol–water partition coefficient (Wildman–Crippen LogP) is 0.769. The van der Waals surface area contributed by atoms with Crippen LogP contribution in [0, 0.1) is 11.3 Å². The number of oxime groups is 1. The van der Waals surface area contributed by atoms with E-state index in [2.05, 4.69) is 5.16 Å². The minimum absolute atomic E-state index is 0.0266. The second-order valence-corrected chi connectivity index (χ2v) is 5.36. The van der Waals surface area contributed by atoms with Crippen LogP contribution in [0.5, 0.6) is 0 Å². The molecule has 6 nitrogen and oxygen atoms in total. The molecule has 0 aliphatic carbocycles. The van der Waals surface area contributed by atoms with Gasteiger partial charge in [-0.3, -0.25) is 4.79 Å². The Labute approximate surface area is 114 Å². The quantitative estimate of drug-likeness (QED) is 0.304. The molecule has 0 aromatic carbocycles. The SMILES string of the molecule is CCC(CC)(C(=O)N1CCC(O)C(C)C1)C(N)=NO. The molecule has 1 fully saturated rings. The number of hydrogen-bond acceptors (Lipinski definition) is 4. The third kappa shape index (κ3) is 2.83. The summed E-state index contributed by atoms with van der Waals surface area (Å²) in [7, 11) is 0. The van der Waals surface area contributed by atoms with Gasteiger partial charge in [0.05, 0.1) is 6.10 Å². The van der Waals surface area contributed by atoms with Gasteiger partial charge in [0, 0.05) is 13.1 Å². The summed E-state index contributed by atoms with van der Waals surface area (Å²) in [6.07, 6.45) is 1.20. The average Bonchev–Trinajstić information content (AvgIpc) is 2.43. The highest BCUT2D eigenvalue weighted by atomic mass is 16.4. The Morgan fingerprint density at radius 2 is 2.05 bits per heavy atom. The molecule has 6 heteroatoms. The van der Waals surface area contributed by atoms with Crippen LogP contribution in [0.3, 0.4) is 0 Å². The van der Waals surface area contributed by atoms with E-state index in [0.717, 1.165) is 0 Å². The molecule has 0 saturated carbocycles. The second kappa shape index (κ2) is 6.23. The van der Waals surface area contributed by atoms with Gasteiger partial charge in [0.1, 0.15) is 5.41 Å². The van der Waals surface area contributed by atoms with E-state index >= 15 is 0 Å². The number of carbonyl (C=O) groups excluding carboxylic acids is 1. The normalized spacial score (nSPS) is 25.5. The van der Waals surface area contributed by atoms with Crippen LogP contribution in [0.2, 0.25) is 0 Å². The van der Waals surface area contributed by atoms with Crippen molar-refractivity contribution in [1.82, 2.24) is 4.90 Å². The van der Waals surface area contributed by atoms with Gasteiger partial charge in [-0.25, -0.2) is 0 Å². The fourth-order valence-electron chi connectivity index (χ4n) is 2.74. The molecule has 0 spiro atoms. The Kier molecular flexibility index (Phi) is 5.17. The number of nitrogens with two attached hydrogens (primary N) is 1. The van der Waals surface area contributed by atoms with Crippen molar-refractivity contribution in [3.8, 4) is 0 Å². The average molecular weight is 271 g/mol. The minimum atomic E-state index is -0.934. The smallest absolute Gasteiger partial charge is 0.236 e. The van der Waals surface area contributed by atoms with Gasteiger partial charge in [0.25, 0.3) is 0 Å². The van der Waals surface area contributed by atoms with E-state index in [4.69, 9.17) is 10.9 Å². The lowest BCUT2D eigenvalue weighted by atomic mass is 9.78. The van der Waals surface area contributed by atoms with E-state index in [9.17, 15) is 9.90 Å².